The zero-order chi connectivity index (χ0) is 23.8. The number of fused-ring (bicyclic) bond motifs is 1. The normalized spacial score (nSPS) is 16.2. The molecular weight excluding hydrogens is 444 g/mol. The van der Waals surface area contributed by atoms with Crippen molar-refractivity contribution in [1.29, 1.82) is 0 Å². The molecule has 1 heterocycles. The van der Waals surface area contributed by atoms with Crippen LogP contribution in [0.25, 0.3) is 0 Å². The van der Waals surface area contributed by atoms with Crippen LogP contribution in [0.2, 0.25) is 0 Å². The van der Waals surface area contributed by atoms with E-state index in [1.54, 1.807) is 35.2 Å². The van der Waals surface area contributed by atoms with Crippen molar-refractivity contribution in [2.24, 2.45) is 5.92 Å². The van der Waals surface area contributed by atoms with Gasteiger partial charge in [-0.25, -0.2) is 8.42 Å². The quantitative estimate of drug-likeness (QED) is 0.633. The first kappa shape index (κ1) is 23.1. The molecule has 1 aliphatic carbocycles. The minimum absolute atomic E-state index is 0.113. The molecule has 0 saturated heterocycles. The third-order valence-electron chi connectivity index (χ3n) is 6.15. The second-order valence-electron chi connectivity index (χ2n) is 8.48. The molecule has 176 valence electrons. The predicted molar refractivity (Wildman–Crippen MR) is 125 cm³/mol. The summed E-state index contributed by atoms with van der Waals surface area (Å²) in [6, 6.07) is 9.85. The largest absolute Gasteiger partial charge is 0.497 e. The molecule has 8 nitrogen and oxygen atoms in total. The maximum absolute atomic E-state index is 13.2. The molecule has 1 fully saturated rings. The van der Waals surface area contributed by atoms with Gasteiger partial charge >= 0.3 is 0 Å². The Bertz CT molecular complexity index is 1190. The Hall–Kier alpha value is -3.07. The second-order valence-corrected chi connectivity index (χ2v) is 10.8. The number of hydrogen-bond acceptors (Lipinski definition) is 6. The van der Waals surface area contributed by atoms with Crippen molar-refractivity contribution in [3.63, 3.8) is 0 Å². The molecule has 1 aliphatic heterocycles. The first-order valence-electron chi connectivity index (χ1n) is 10.9. The molecule has 2 aromatic carbocycles. The monoisotopic (exact) mass is 472 g/mol. The zero-order valence-electron chi connectivity index (χ0n) is 19.0. The summed E-state index contributed by atoms with van der Waals surface area (Å²) in [4.78, 5) is 27.0. The standard InChI is InChI=1S/C24H28N2O6S/c1-15(12-23(27)25-20-8-6-18(31-2)14-22(20)32-3)33(29,30)19-7-9-21-17(13-19)10-11-26(21)24(28)16-4-5-16/h6-9,13-16H,4-5,10-12H2,1-3H3,(H,25,27). The summed E-state index contributed by atoms with van der Waals surface area (Å²) < 4.78 is 36.7. The molecule has 0 spiro atoms. The molecule has 2 amide bonds. The lowest BCUT2D eigenvalue weighted by Crippen LogP contribution is -2.30. The second kappa shape index (κ2) is 9.05. The minimum atomic E-state index is -3.73. The van der Waals surface area contributed by atoms with Crippen molar-refractivity contribution in [1.82, 2.24) is 0 Å². The van der Waals surface area contributed by atoms with Crippen LogP contribution in [-0.4, -0.2) is 46.2 Å². The van der Waals surface area contributed by atoms with Crippen molar-refractivity contribution in [3.05, 3.63) is 42.0 Å². The van der Waals surface area contributed by atoms with Crippen molar-refractivity contribution in [2.45, 2.75) is 42.8 Å². The van der Waals surface area contributed by atoms with Gasteiger partial charge in [0.2, 0.25) is 11.8 Å². The van der Waals surface area contributed by atoms with E-state index in [4.69, 9.17) is 9.47 Å². The first-order chi connectivity index (χ1) is 15.7. The van der Waals surface area contributed by atoms with Crippen LogP contribution in [0.4, 0.5) is 11.4 Å². The average Bonchev–Trinajstić information content (AvgIpc) is 3.57. The van der Waals surface area contributed by atoms with E-state index in [1.165, 1.54) is 27.2 Å². The van der Waals surface area contributed by atoms with Gasteiger partial charge < -0.3 is 19.7 Å². The number of ether oxygens (including phenoxy) is 2. The third-order valence-corrected chi connectivity index (χ3v) is 8.29. The highest BCUT2D eigenvalue weighted by molar-refractivity contribution is 7.92. The van der Waals surface area contributed by atoms with E-state index in [2.05, 4.69) is 5.32 Å². The lowest BCUT2D eigenvalue weighted by atomic mass is 10.2. The maximum Gasteiger partial charge on any atom is 0.230 e. The Morgan fingerprint density at radius 1 is 1.12 bits per heavy atom. The summed E-state index contributed by atoms with van der Waals surface area (Å²) in [5, 5.41) is 1.79. The van der Waals surface area contributed by atoms with Gasteiger partial charge in [0.1, 0.15) is 11.5 Å². The Morgan fingerprint density at radius 2 is 1.88 bits per heavy atom. The molecule has 0 bridgehead atoms. The summed E-state index contributed by atoms with van der Waals surface area (Å²) in [6.45, 7) is 2.10. The zero-order valence-corrected chi connectivity index (χ0v) is 19.8. The van der Waals surface area contributed by atoms with E-state index >= 15 is 0 Å². The smallest absolute Gasteiger partial charge is 0.230 e. The number of carbonyl (C=O) groups excluding carboxylic acids is 2. The van der Waals surface area contributed by atoms with Crippen LogP contribution in [0.1, 0.15) is 31.7 Å². The van der Waals surface area contributed by atoms with E-state index in [1.807, 2.05) is 0 Å². The van der Waals surface area contributed by atoms with Crippen molar-refractivity contribution >= 4 is 33.0 Å². The van der Waals surface area contributed by atoms with Crippen LogP contribution in [-0.2, 0) is 25.8 Å². The molecular formula is C24H28N2O6S. The van der Waals surface area contributed by atoms with Crippen molar-refractivity contribution in [2.75, 3.05) is 31.0 Å². The SMILES string of the molecule is COc1ccc(NC(=O)CC(C)S(=O)(=O)c2ccc3c(c2)CCN3C(=O)C2CC2)c(OC)c1. The number of benzene rings is 2. The number of sulfone groups is 1. The van der Waals surface area contributed by atoms with E-state index in [9.17, 15) is 18.0 Å². The first-order valence-corrected chi connectivity index (χ1v) is 12.5. The van der Waals surface area contributed by atoms with Gasteiger partial charge in [0.15, 0.2) is 9.84 Å². The van der Waals surface area contributed by atoms with Crippen LogP contribution in [0.5, 0.6) is 11.5 Å². The van der Waals surface area contributed by atoms with E-state index in [0.717, 1.165) is 24.1 Å². The van der Waals surface area contributed by atoms with Crippen molar-refractivity contribution in [3.8, 4) is 11.5 Å². The number of hydrogen-bond donors (Lipinski definition) is 1. The fourth-order valence-electron chi connectivity index (χ4n) is 4.04. The minimum Gasteiger partial charge on any atom is -0.497 e. The number of methoxy groups -OCH3 is 2. The molecule has 1 N–H and O–H groups in total. The van der Waals surface area contributed by atoms with Gasteiger partial charge in [-0.15, -0.1) is 0 Å². The van der Waals surface area contributed by atoms with Gasteiger partial charge in [0.25, 0.3) is 0 Å². The van der Waals surface area contributed by atoms with Crippen LogP contribution >= 0.6 is 0 Å². The molecule has 2 aromatic rings. The molecule has 1 unspecified atom stereocenters. The van der Waals surface area contributed by atoms with Crippen LogP contribution in [0.15, 0.2) is 41.3 Å². The maximum atomic E-state index is 13.2. The van der Waals surface area contributed by atoms with Crippen LogP contribution in [0.3, 0.4) is 0 Å². The fourth-order valence-corrected chi connectivity index (χ4v) is 5.44. The van der Waals surface area contributed by atoms with Crippen LogP contribution < -0.4 is 19.7 Å². The van der Waals surface area contributed by atoms with Gasteiger partial charge in [-0.1, -0.05) is 0 Å². The number of nitrogens with zero attached hydrogens (tertiary/aromatic N) is 1. The summed E-state index contributed by atoms with van der Waals surface area (Å²) in [5.74, 6) is 0.805. The summed E-state index contributed by atoms with van der Waals surface area (Å²) in [5.41, 5.74) is 2.08. The van der Waals surface area contributed by atoms with E-state index in [-0.39, 0.29) is 23.1 Å². The number of amides is 2. The molecule has 4 rings (SSSR count). The molecule has 1 saturated carbocycles. The summed E-state index contributed by atoms with van der Waals surface area (Å²) in [6.07, 6.45) is 2.28. The van der Waals surface area contributed by atoms with Gasteiger partial charge in [-0.3, -0.25) is 9.59 Å². The highest BCUT2D eigenvalue weighted by atomic mass is 32.2. The summed E-state index contributed by atoms with van der Waals surface area (Å²) >= 11 is 0. The molecule has 0 aromatic heterocycles. The highest BCUT2D eigenvalue weighted by Gasteiger charge is 2.37. The Morgan fingerprint density at radius 3 is 2.55 bits per heavy atom. The van der Waals surface area contributed by atoms with E-state index < -0.39 is 21.0 Å². The molecule has 0 radical (unpaired) electrons. The summed E-state index contributed by atoms with van der Waals surface area (Å²) in [7, 11) is -0.726. The van der Waals surface area contributed by atoms with E-state index in [0.29, 0.717) is 30.2 Å². The van der Waals surface area contributed by atoms with Crippen molar-refractivity contribution < 1.29 is 27.5 Å². The average molecular weight is 473 g/mol. The Kier molecular flexibility index (Phi) is 6.34. The molecule has 9 heteroatoms. The third kappa shape index (κ3) is 4.68. The molecule has 1 atom stereocenters. The Labute approximate surface area is 193 Å². The molecule has 2 aliphatic rings. The van der Waals surface area contributed by atoms with Gasteiger partial charge in [-0.2, -0.15) is 0 Å². The topological polar surface area (TPSA) is 102 Å². The highest BCUT2D eigenvalue weighted by Crippen LogP contribution is 2.37. The van der Waals surface area contributed by atoms with Gasteiger partial charge in [0, 0.05) is 30.6 Å². The van der Waals surface area contributed by atoms with Crippen LogP contribution in [0, 0.1) is 5.92 Å². The molecule has 33 heavy (non-hydrogen) atoms. The predicted octanol–water partition coefficient (Wildman–Crippen LogP) is 3.19. The fraction of sp³-hybridized carbons (Fsp3) is 0.417. The van der Waals surface area contributed by atoms with Gasteiger partial charge in [0.05, 0.1) is 30.1 Å². The number of carbonyl (C=O) groups is 2. The number of nitrogens with one attached hydrogen (secondary N) is 1. The lowest BCUT2D eigenvalue weighted by molar-refractivity contribution is -0.119. The Balaban J connectivity index is 1.45. The van der Waals surface area contributed by atoms with Gasteiger partial charge in [-0.05, 0) is 62.1 Å². The number of rotatable bonds is 8. The number of anilines is 2. The lowest BCUT2D eigenvalue weighted by Gasteiger charge is -2.18.